The van der Waals surface area contributed by atoms with Crippen LogP contribution in [-0.4, -0.2) is 47.0 Å². The number of amides is 2. The molecule has 0 spiro atoms. The Morgan fingerprint density at radius 2 is 1.93 bits per heavy atom. The average Bonchev–Trinajstić information content (AvgIpc) is 2.94. The third-order valence-electron chi connectivity index (χ3n) is 4.07. The number of nitrogens with one attached hydrogen (secondary N) is 1. The lowest BCUT2D eigenvalue weighted by molar-refractivity contribution is -0.174. The van der Waals surface area contributed by atoms with Gasteiger partial charge in [-0.05, 0) is 11.5 Å². The normalized spacial score (nSPS) is 13.5. The van der Waals surface area contributed by atoms with Crippen LogP contribution in [-0.2, 0) is 16.1 Å². The van der Waals surface area contributed by atoms with Crippen molar-refractivity contribution in [2.75, 3.05) is 13.2 Å². The maximum absolute atomic E-state index is 14.3. The molecule has 0 saturated heterocycles. The number of para-hydroxylation sites is 1. The molecule has 0 saturated carbocycles. The van der Waals surface area contributed by atoms with Crippen LogP contribution < -0.4 is 11.1 Å². The molecule has 3 N–H and O–H groups in total. The lowest BCUT2D eigenvalue weighted by atomic mass is 9.86. The van der Waals surface area contributed by atoms with Crippen LogP contribution in [0.4, 0.5) is 17.6 Å². The van der Waals surface area contributed by atoms with Crippen LogP contribution in [0.5, 0.6) is 0 Å². The summed E-state index contributed by atoms with van der Waals surface area (Å²) >= 11 is 0. The van der Waals surface area contributed by atoms with Gasteiger partial charge in [-0.1, -0.05) is 32.9 Å². The predicted octanol–water partition coefficient (Wildman–Crippen LogP) is 2.38. The molecule has 0 aliphatic rings. The van der Waals surface area contributed by atoms with Gasteiger partial charge in [0.05, 0.1) is 13.2 Å². The summed E-state index contributed by atoms with van der Waals surface area (Å²) in [5.74, 6) is -2.21. The van der Waals surface area contributed by atoms with Gasteiger partial charge in [0.15, 0.2) is 5.69 Å². The van der Waals surface area contributed by atoms with E-state index in [1.165, 1.54) is 12.1 Å². The number of benzene rings is 1. The fourth-order valence-electron chi connectivity index (χ4n) is 2.78. The van der Waals surface area contributed by atoms with Crippen LogP contribution in [0.25, 0.3) is 10.9 Å². The van der Waals surface area contributed by atoms with Crippen molar-refractivity contribution in [1.29, 1.82) is 0 Å². The highest BCUT2D eigenvalue weighted by Crippen LogP contribution is 2.24. The van der Waals surface area contributed by atoms with Gasteiger partial charge in [-0.25, -0.2) is 4.39 Å². The molecular formula is C18H22F4N4O3. The van der Waals surface area contributed by atoms with E-state index in [2.05, 4.69) is 15.2 Å². The number of halogens is 4. The molecule has 2 amide bonds. The number of primary amides is 1. The summed E-state index contributed by atoms with van der Waals surface area (Å²) in [6.07, 6.45) is -4.49. The van der Waals surface area contributed by atoms with Gasteiger partial charge in [0.25, 0.3) is 5.91 Å². The van der Waals surface area contributed by atoms with Crippen LogP contribution in [0.3, 0.4) is 0 Å². The van der Waals surface area contributed by atoms with E-state index in [1.54, 1.807) is 20.8 Å². The van der Waals surface area contributed by atoms with Crippen molar-refractivity contribution in [1.82, 2.24) is 15.1 Å². The van der Waals surface area contributed by atoms with E-state index in [9.17, 15) is 27.2 Å². The zero-order valence-corrected chi connectivity index (χ0v) is 16.1. The van der Waals surface area contributed by atoms with Gasteiger partial charge in [-0.2, -0.15) is 18.3 Å². The van der Waals surface area contributed by atoms with Gasteiger partial charge in [0.1, 0.15) is 24.0 Å². The molecule has 1 aromatic carbocycles. The number of hydrogen-bond donors (Lipinski definition) is 2. The first-order chi connectivity index (χ1) is 13.3. The van der Waals surface area contributed by atoms with Crippen LogP contribution >= 0.6 is 0 Å². The number of nitrogens with two attached hydrogens (primary N) is 1. The number of alkyl halides is 3. The molecule has 2 rings (SSSR count). The summed E-state index contributed by atoms with van der Waals surface area (Å²) in [5, 5.41) is 6.67. The Labute approximate surface area is 164 Å². The number of carbonyl (C=O) groups excluding carboxylic acids is 2. The zero-order valence-electron chi connectivity index (χ0n) is 16.1. The van der Waals surface area contributed by atoms with Crippen LogP contribution in [0, 0.1) is 11.2 Å². The highest BCUT2D eigenvalue weighted by atomic mass is 19.4. The van der Waals surface area contributed by atoms with Crippen LogP contribution in [0.15, 0.2) is 18.2 Å². The highest BCUT2D eigenvalue weighted by molar-refractivity contribution is 6.06. The molecule has 160 valence electrons. The number of aromatic nitrogens is 2. The number of fused-ring (bicyclic) bond motifs is 1. The van der Waals surface area contributed by atoms with E-state index < -0.39 is 48.5 Å². The van der Waals surface area contributed by atoms with Crippen molar-refractivity contribution >= 4 is 22.7 Å². The molecular weight excluding hydrogens is 396 g/mol. The van der Waals surface area contributed by atoms with Crippen molar-refractivity contribution in [3.63, 3.8) is 0 Å². The second-order valence-corrected chi connectivity index (χ2v) is 7.55. The second-order valence-electron chi connectivity index (χ2n) is 7.55. The Kier molecular flexibility index (Phi) is 6.51. The zero-order chi connectivity index (χ0) is 22.0. The van der Waals surface area contributed by atoms with Gasteiger partial charge in [0.2, 0.25) is 5.91 Å². The van der Waals surface area contributed by atoms with Gasteiger partial charge in [-0.3, -0.25) is 14.3 Å². The van der Waals surface area contributed by atoms with Gasteiger partial charge in [0, 0.05) is 5.39 Å². The molecule has 1 unspecified atom stereocenters. The van der Waals surface area contributed by atoms with E-state index in [1.807, 2.05) is 0 Å². The molecule has 2 aromatic rings. The monoisotopic (exact) mass is 418 g/mol. The predicted molar refractivity (Wildman–Crippen MR) is 96.5 cm³/mol. The highest BCUT2D eigenvalue weighted by Gasteiger charge is 2.33. The smallest absolute Gasteiger partial charge is 0.370 e. The maximum atomic E-state index is 14.3. The van der Waals surface area contributed by atoms with E-state index in [-0.39, 0.29) is 23.1 Å². The quantitative estimate of drug-likeness (QED) is 0.533. The Balaban J connectivity index is 2.31. The molecule has 7 nitrogen and oxygen atoms in total. The van der Waals surface area contributed by atoms with Crippen molar-refractivity contribution in [3.8, 4) is 0 Å². The first-order valence-electron chi connectivity index (χ1n) is 8.71. The van der Waals surface area contributed by atoms with Crippen molar-refractivity contribution in [2.45, 2.75) is 39.5 Å². The minimum Gasteiger partial charge on any atom is -0.370 e. The van der Waals surface area contributed by atoms with Crippen molar-refractivity contribution in [3.05, 3.63) is 29.7 Å². The van der Waals surface area contributed by atoms with Crippen LogP contribution in [0.1, 0.15) is 31.3 Å². The Morgan fingerprint density at radius 3 is 2.48 bits per heavy atom. The molecule has 0 bridgehead atoms. The summed E-state index contributed by atoms with van der Waals surface area (Å²) in [7, 11) is 0. The third-order valence-corrected chi connectivity index (χ3v) is 4.07. The van der Waals surface area contributed by atoms with Gasteiger partial charge < -0.3 is 15.8 Å². The van der Waals surface area contributed by atoms with E-state index >= 15 is 0 Å². The fourth-order valence-corrected chi connectivity index (χ4v) is 2.78. The summed E-state index contributed by atoms with van der Waals surface area (Å²) < 4.78 is 56.5. The molecule has 0 aliphatic heterocycles. The number of nitrogens with zero attached hydrogens (tertiary/aromatic N) is 2. The summed E-state index contributed by atoms with van der Waals surface area (Å²) in [5.41, 5.74) is 4.44. The minimum atomic E-state index is -4.49. The van der Waals surface area contributed by atoms with Crippen molar-refractivity contribution in [2.24, 2.45) is 11.1 Å². The molecule has 1 aromatic heterocycles. The molecule has 11 heteroatoms. The maximum Gasteiger partial charge on any atom is 0.411 e. The van der Waals surface area contributed by atoms with E-state index in [0.717, 1.165) is 10.7 Å². The van der Waals surface area contributed by atoms with Gasteiger partial charge in [-0.15, -0.1) is 0 Å². The largest absolute Gasteiger partial charge is 0.411 e. The Bertz CT molecular complexity index is 903. The van der Waals surface area contributed by atoms with Crippen molar-refractivity contribution < 1.29 is 31.9 Å². The molecule has 29 heavy (non-hydrogen) atoms. The standard InChI is InChI=1S/C18H22F4N4O3/c1-17(2,3)14(15(23)27)24-16(28)12-10-5-4-6-11(19)13(10)26(25-12)7-8-29-9-18(20,21)22/h4-6,14H,7-9H2,1-3H3,(H2,23,27)(H,24,28). The van der Waals surface area contributed by atoms with E-state index in [4.69, 9.17) is 5.73 Å². The SMILES string of the molecule is CC(C)(C)C(NC(=O)c1nn(CCOCC(F)(F)F)c2c(F)cccc12)C(N)=O. The fraction of sp³-hybridized carbons (Fsp3) is 0.500. The molecule has 0 aliphatic carbocycles. The molecule has 1 atom stereocenters. The Hall–Kier alpha value is -2.69. The molecule has 0 fully saturated rings. The number of ether oxygens (including phenoxy) is 1. The molecule has 0 radical (unpaired) electrons. The first-order valence-corrected chi connectivity index (χ1v) is 8.71. The topological polar surface area (TPSA) is 99.2 Å². The number of carbonyl (C=O) groups is 2. The first kappa shape index (κ1) is 22.6. The number of rotatable bonds is 7. The molecule has 1 heterocycles. The van der Waals surface area contributed by atoms with E-state index in [0.29, 0.717) is 0 Å². The Morgan fingerprint density at radius 1 is 1.28 bits per heavy atom. The summed E-state index contributed by atoms with van der Waals surface area (Å²) in [6, 6.07) is 2.94. The number of hydrogen-bond acceptors (Lipinski definition) is 4. The summed E-state index contributed by atoms with van der Waals surface area (Å²) in [6.45, 7) is 3.07. The van der Waals surface area contributed by atoms with Crippen LogP contribution in [0.2, 0.25) is 0 Å². The third kappa shape index (κ3) is 5.66. The minimum absolute atomic E-state index is 0.0559. The van der Waals surface area contributed by atoms with Gasteiger partial charge >= 0.3 is 6.18 Å². The average molecular weight is 418 g/mol. The summed E-state index contributed by atoms with van der Waals surface area (Å²) in [4.78, 5) is 24.4. The lowest BCUT2D eigenvalue weighted by Crippen LogP contribution is -2.52. The second kappa shape index (κ2) is 8.36. The lowest BCUT2D eigenvalue weighted by Gasteiger charge is -2.28.